The van der Waals surface area contributed by atoms with Gasteiger partial charge < -0.3 is 15.8 Å². The Labute approximate surface area is 93.8 Å². The molecule has 3 N–H and O–H groups in total. The van der Waals surface area contributed by atoms with Gasteiger partial charge in [0.2, 0.25) is 0 Å². The van der Waals surface area contributed by atoms with Crippen LogP contribution in [0.15, 0.2) is 18.2 Å². The van der Waals surface area contributed by atoms with Crippen LogP contribution in [0.25, 0.3) is 0 Å². The number of esters is 1. The van der Waals surface area contributed by atoms with E-state index in [2.05, 4.69) is 10.1 Å². The zero-order valence-corrected chi connectivity index (χ0v) is 9.15. The Balaban J connectivity index is 2.83. The summed E-state index contributed by atoms with van der Waals surface area (Å²) in [6.45, 7) is 1.67. The first-order valence-corrected chi connectivity index (χ1v) is 4.72. The van der Waals surface area contributed by atoms with Crippen molar-refractivity contribution < 1.29 is 9.53 Å². The molecule has 1 atom stereocenters. The van der Waals surface area contributed by atoms with Crippen molar-refractivity contribution in [2.75, 3.05) is 18.2 Å². The van der Waals surface area contributed by atoms with Crippen LogP contribution < -0.4 is 11.1 Å². The Bertz CT molecular complexity index is 437. The Morgan fingerprint density at radius 2 is 2.31 bits per heavy atom. The maximum atomic E-state index is 11.2. The molecule has 0 saturated heterocycles. The fraction of sp³-hybridized carbons (Fsp3) is 0.273. The predicted octanol–water partition coefficient (Wildman–Crippen LogP) is 1.11. The first kappa shape index (κ1) is 11.9. The van der Waals surface area contributed by atoms with E-state index in [9.17, 15) is 4.79 Å². The van der Waals surface area contributed by atoms with Crippen LogP contribution in [0.2, 0.25) is 0 Å². The number of nitrogen functional groups attached to an aromatic ring is 1. The van der Waals surface area contributed by atoms with E-state index in [1.54, 1.807) is 25.1 Å². The summed E-state index contributed by atoms with van der Waals surface area (Å²) >= 11 is 0. The quantitative estimate of drug-likeness (QED) is 0.587. The van der Waals surface area contributed by atoms with Crippen molar-refractivity contribution in [2.45, 2.75) is 13.0 Å². The van der Waals surface area contributed by atoms with Crippen molar-refractivity contribution >= 4 is 17.3 Å². The molecule has 0 aliphatic rings. The number of carbonyl (C=O) groups is 1. The number of methoxy groups -OCH3 is 1. The first-order valence-electron chi connectivity index (χ1n) is 4.72. The average Bonchev–Trinajstić information content (AvgIpc) is 2.30. The Morgan fingerprint density at radius 1 is 1.62 bits per heavy atom. The molecule has 1 aromatic rings. The van der Waals surface area contributed by atoms with E-state index < -0.39 is 6.04 Å². The van der Waals surface area contributed by atoms with Gasteiger partial charge in [-0.25, -0.2) is 4.79 Å². The highest BCUT2D eigenvalue weighted by atomic mass is 16.5. The SMILES string of the molecule is COC(=O)C(C)Nc1ccc(N)c(C#N)c1. The third kappa shape index (κ3) is 2.64. The van der Waals surface area contributed by atoms with Crippen molar-refractivity contribution in [3.8, 4) is 6.07 Å². The van der Waals surface area contributed by atoms with E-state index >= 15 is 0 Å². The number of hydrogen-bond donors (Lipinski definition) is 2. The van der Waals surface area contributed by atoms with Crippen molar-refractivity contribution in [1.29, 1.82) is 5.26 Å². The molecule has 16 heavy (non-hydrogen) atoms. The van der Waals surface area contributed by atoms with E-state index in [0.29, 0.717) is 16.9 Å². The molecule has 84 valence electrons. The second kappa shape index (κ2) is 5.03. The molecular formula is C11H13N3O2. The molecular weight excluding hydrogens is 206 g/mol. The molecule has 0 bridgehead atoms. The highest BCUT2D eigenvalue weighted by molar-refractivity contribution is 5.79. The minimum atomic E-state index is -0.472. The van der Waals surface area contributed by atoms with Gasteiger partial charge in [-0.3, -0.25) is 0 Å². The van der Waals surface area contributed by atoms with E-state index in [1.807, 2.05) is 6.07 Å². The third-order valence-corrected chi connectivity index (χ3v) is 2.11. The molecule has 0 saturated carbocycles. The van der Waals surface area contributed by atoms with E-state index in [0.717, 1.165) is 0 Å². The van der Waals surface area contributed by atoms with Crippen LogP contribution in [0.3, 0.4) is 0 Å². The Hall–Kier alpha value is -2.22. The minimum absolute atomic E-state index is 0.365. The molecule has 1 rings (SSSR count). The maximum Gasteiger partial charge on any atom is 0.327 e. The van der Waals surface area contributed by atoms with Crippen molar-refractivity contribution in [1.82, 2.24) is 0 Å². The van der Waals surface area contributed by atoms with Gasteiger partial charge in [-0.05, 0) is 25.1 Å². The molecule has 0 radical (unpaired) electrons. The van der Waals surface area contributed by atoms with Crippen LogP contribution in [0.1, 0.15) is 12.5 Å². The molecule has 5 nitrogen and oxygen atoms in total. The molecule has 0 aromatic heterocycles. The van der Waals surface area contributed by atoms with Crippen molar-refractivity contribution in [3.63, 3.8) is 0 Å². The van der Waals surface area contributed by atoms with Gasteiger partial charge in [0.1, 0.15) is 12.1 Å². The Morgan fingerprint density at radius 3 is 2.88 bits per heavy atom. The highest BCUT2D eigenvalue weighted by Crippen LogP contribution is 2.17. The third-order valence-electron chi connectivity index (χ3n) is 2.11. The van der Waals surface area contributed by atoms with Gasteiger partial charge in [-0.2, -0.15) is 5.26 Å². The van der Waals surface area contributed by atoms with Crippen LogP contribution in [-0.4, -0.2) is 19.1 Å². The number of hydrogen-bond acceptors (Lipinski definition) is 5. The largest absolute Gasteiger partial charge is 0.467 e. The number of nitrogens with one attached hydrogen (secondary N) is 1. The molecule has 0 spiro atoms. The molecule has 1 aromatic carbocycles. The van der Waals surface area contributed by atoms with E-state index in [1.165, 1.54) is 7.11 Å². The van der Waals surface area contributed by atoms with Crippen LogP contribution >= 0.6 is 0 Å². The number of ether oxygens (including phenoxy) is 1. The molecule has 5 heteroatoms. The van der Waals surface area contributed by atoms with Crippen molar-refractivity contribution in [3.05, 3.63) is 23.8 Å². The Kier molecular flexibility index (Phi) is 3.72. The topological polar surface area (TPSA) is 88.1 Å². The van der Waals surface area contributed by atoms with Gasteiger partial charge in [0.25, 0.3) is 0 Å². The maximum absolute atomic E-state index is 11.2. The summed E-state index contributed by atoms with van der Waals surface area (Å²) in [5.41, 5.74) is 7.02. The van der Waals surface area contributed by atoms with Crippen molar-refractivity contribution in [2.24, 2.45) is 0 Å². The number of rotatable bonds is 3. The van der Waals surface area contributed by atoms with Gasteiger partial charge in [-0.1, -0.05) is 0 Å². The fourth-order valence-corrected chi connectivity index (χ4v) is 1.23. The molecule has 0 aliphatic heterocycles. The molecule has 0 heterocycles. The normalized spacial score (nSPS) is 11.3. The van der Waals surface area contributed by atoms with Gasteiger partial charge >= 0.3 is 5.97 Å². The zero-order valence-electron chi connectivity index (χ0n) is 9.15. The number of anilines is 2. The summed E-state index contributed by atoms with van der Waals surface area (Å²) in [4.78, 5) is 11.2. The number of benzene rings is 1. The minimum Gasteiger partial charge on any atom is -0.467 e. The second-order valence-electron chi connectivity index (χ2n) is 3.30. The van der Waals surface area contributed by atoms with Gasteiger partial charge in [0, 0.05) is 11.4 Å². The van der Waals surface area contributed by atoms with Gasteiger partial charge in [0.05, 0.1) is 12.7 Å². The lowest BCUT2D eigenvalue weighted by atomic mass is 10.1. The van der Waals surface area contributed by atoms with E-state index in [4.69, 9.17) is 11.0 Å². The van der Waals surface area contributed by atoms with Gasteiger partial charge in [-0.15, -0.1) is 0 Å². The highest BCUT2D eigenvalue weighted by Gasteiger charge is 2.12. The van der Waals surface area contributed by atoms with Gasteiger partial charge in [0.15, 0.2) is 0 Å². The van der Waals surface area contributed by atoms with Crippen LogP contribution in [0.4, 0.5) is 11.4 Å². The van der Waals surface area contributed by atoms with Crippen LogP contribution in [0.5, 0.6) is 0 Å². The molecule has 0 amide bonds. The standard InChI is InChI=1S/C11H13N3O2/c1-7(11(15)16-2)14-9-3-4-10(13)8(5-9)6-12/h3-5,7,14H,13H2,1-2H3. The summed E-state index contributed by atoms with van der Waals surface area (Å²) in [5.74, 6) is -0.365. The summed E-state index contributed by atoms with van der Waals surface area (Å²) in [5, 5.41) is 11.7. The fourth-order valence-electron chi connectivity index (χ4n) is 1.23. The zero-order chi connectivity index (χ0) is 12.1. The summed E-state index contributed by atoms with van der Waals surface area (Å²) in [6, 6.07) is 6.41. The number of carbonyl (C=O) groups excluding carboxylic acids is 1. The monoisotopic (exact) mass is 219 g/mol. The second-order valence-corrected chi connectivity index (χ2v) is 3.30. The number of nitriles is 1. The first-order chi connectivity index (χ1) is 7.58. The van der Waals surface area contributed by atoms with E-state index in [-0.39, 0.29) is 5.97 Å². The summed E-state index contributed by atoms with van der Waals surface area (Å²) < 4.78 is 4.57. The van der Waals surface area contributed by atoms with Crippen LogP contribution in [0, 0.1) is 11.3 Å². The molecule has 0 fully saturated rings. The lowest BCUT2D eigenvalue weighted by molar-refractivity contribution is -0.141. The predicted molar refractivity (Wildman–Crippen MR) is 60.7 cm³/mol. The smallest absolute Gasteiger partial charge is 0.327 e. The summed E-state index contributed by atoms with van der Waals surface area (Å²) in [7, 11) is 1.32. The molecule has 0 aliphatic carbocycles. The van der Waals surface area contributed by atoms with Crippen LogP contribution in [-0.2, 0) is 9.53 Å². The number of nitrogens with zero attached hydrogens (tertiary/aromatic N) is 1. The number of nitrogens with two attached hydrogens (primary N) is 1. The average molecular weight is 219 g/mol. The lowest BCUT2D eigenvalue weighted by Gasteiger charge is -2.13. The summed E-state index contributed by atoms with van der Waals surface area (Å²) in [6.07, 6.45) is 0. The lowest BCUT2D eigenvalue weighted by Crippen LogP contribution is -2.27. The molecule has 1 unspecified atom stereocenters.